The fourth-order valence-corrected chi connectivity index (χ4v) is 3.44. The van der Waals surface area contributed by atoms with E-state index in [0.717, 1.165) is 0 Å². The summed E-state index contributed by atoms with van der Waals surface area (Å²) in [6.45, 7) is -2.04. The lowest BCUT2D eigenvalue weighted by molar-refractivity contribution is -0.142. The van der Waals surface area contributed by atoms with Gasteiger partial charge in [0.2, 0.25) is 10.0 Å². The van der Waals surface area contributed by atoms with Crippen LogP contribution in [0.1, 0.15) is 12.1 Å². The van der Waals surface area contributed by atoms with E-state index in [-0.39, 0.29) is 10.00 Å². The molecule has 1 aromatic carbocycles. The van der Waals surface area contributed by atoms with Gasteiger partial charge in [-0.25, -0.2) is 8.42 Å². The minimum Gasteiger partial charge on any atom is -0.480 e. The van der Waals surface area contributed by atoms with E-state index in [9.17, 15) is 26.4 Å². The van der Waals surface area contributed by atoms with Crippen molar-refractivity contribution in [2.45, 2.75) is 18.3 Å². The van der Waals surface area contributed by atoms with E-state index >= 15 is 0 Å². The average molecular weight is 366 g/mol. The van der Waals surface area contributed by atoms with Crippen LogP contribution in [-0.2, 0) is 20.6 Å². The number of nitrogens with zero attached hydrogens (tertiary/aromatic N) is 2. The lowest BCUT2D eigenvalue weighted by Gasteiger charge is -2.20. The Bertz CT molecular complexity index is 831. The van der Waals surface area contributed by atoms with E-state index in [1.807, 2.05) is 0 Å². The minimum atomic E-state index is -4.60. The lowest BCUT2D eigenvalue weighted by Crippen LogP contribution is -2.38. The molecule has 0 aliphatic carbocycles. The molecule has 0 spiro atoms. The fraction of sp³-hybridized carbons (Fsp3) is 0.385. The van der Waals surface area contributed by atoms with Gasteiger partial charge in [0.15, 0.2) is 5.58 Å². The largest absolute Gasteiger partial charge is 0.480 e. The number of rotatable bonds is 7. The number of benzene rings is 1. The Kier molecular flexibility index (Phi) is 5.13. The molecule has 0 aliphatic heterocycles. The SMILES string of the molecule is O=C(O)CN(CCC(F)(F)F)S(=O)(=O)Cc1noc2ccccc12. The van der Waals surface area contributed by atoms with Crippen LogP contribution in [0.5, 0.6) is 0 Å². The summed E-state index contributed by atoms with van der Waals surface area (Å²) in [7, 11) is -4.32. The molecule has 0 atom stereocenters. The maximum absolute atomic E-state index is 12.3. The van der Waals surface area contributed by atoms with Crippen molar-refractivity contribution in [2.24, 2.45) is 0 Å². The number of hydrogen-bond acceptors (Lipinski definition) is 5. The van der Waals surface area contributed by atoms with Crippen LogP contribution in [0.25, 0.3) is 11.0 Å². The van der Waals surface area contributed by atoms with Crippen LogP contribution in [-0.4, -0.2) is 48.2 Å². The van der Waals surface area contributed by atoms with Gasteiger partial charge in [0.1, 0.15) is 18.0 Å². The van der Waals surface area contributed by atoms with Crippen LogP contribution >= 0.6 is 0 Å². The number of hydrogen-bond donors (Lipinski definition) is 1. The Morgan fingerprint density at radius 1 is 1.29 bits per heavy atom. The molecule has 132 valence electrons. The van der Waals surface area contributed by atoms with Crippen LogP contribution in [0, 0.1) is 0 Å². The molecule has 24 heavy (non-hydrogen) atoms. The van der Waals surface area contributed by atoms with Gasteiger partial charge in [-0.2, -0.15) is 17.5 Å². The molecule has 1 aromatic heterocycles. The zero-order valence-corrected chi connectivity index (χ0v) is 13.0. The summed E-state index contributed by atoms with van der Waals surface area (Å²) in [6, 6.07) is 6.37. The Morgan fingerprint density at radius 2 is 1.96 bits per heavy atom. The molecule has 7 nitrogen and oxygen atoms in total. The molecule has 0 amide bonds. The van der Waals surface area contributed by atoms with Gasteiger partial charge < -0.3 is 9.63 Å². The molecule has 0 bridgehead atoms. The molecule has 0 saturated heterocycles. The van der Waals surface area contributed by atoms with Gasteiger partial charge in [-0.05, 0) is 12.1 Å². The number of para-hydroxylation sites is 1. The molecule has 0 unspecified atom stereocenters. The van der Waals surface area contributed by atoms with E-state index in [1.54, 1.807) is 24.3 Å². The maximum Gasteiger partial charge on any atom is 0.390 e. The summed E-state index contributed by atoms with van der Waals surface area (Å²) in [5.74, 6) is -2.31. The van der Waals surface area contributed by atoms with Crippen LogP contribution < -0.4 is 0 Å². The predicted molar refractivity (Wildman–Crippen MR) is 76.5 cm³/mol. The number of sulfonamides is 1. The van der Waals surface area contributed by atoms with Crippen molar-refractivity contribution in [3.63, 3.8) is 0 Å². The van der Waals surface area contributed by atoms with Gasteiger partial charge in [-0.15, -0.1) is 0 Å². The van der Waals surface area contributed by atoms with Crippen molar-refractivity contribution in [1.82, 2.24) is 9.46 Å². The van der Waals surface area contributed by atoms with Gasteiger partial charge in [0.05, 0.1) is 6.42 Å². The second kappa shape index (κ2) is 6.77. The topological polar surface area (TPSA) is 101 Å². The second-order valence-corrected chi connectivity index (χ2v) is 6.94. The van der Waals surface area contributed by atoms with E-state index in [1.165, 1.54) is 0 Å². The summed E-state index contributed by atoms with van der Waals surface area (Å²) >= 11 is 0. The van der Waals surface area contributed by atoms with Crippen molar-refractivity contribution in [2.75, 3.05) is 13.1 Å². The second-order valence-electron chi connectivity index (χ2n) is 4.97. The van der Waals surface area contributed by atoms with Gasteiger partial charge in [0, 0.05) is 11.9 Å². The van der Waals surface area contributed by atoms with E-state index in [0.29, 0.717) is 11.0 Å². The minimum absolute atomic E-state index is 0.00741. The fourth-order valence-electron chi connectivity index (χ4n) is 2.03. The van der Waals surface area contributed by atoms with Crippen molar-refractivity contribution >= 4 is 27.0 Å². The number of fused-ring (bicyclic) bond motifs is 1. The highest BCUT2D eigenvalue weighted by Gasteiger charge is 2.33. The van der Waals surface area contributed by atoms with E-state index < -0.39 is 47.4 Å². The first kappa shape index (κ1) is 18.2. The lowest BCUT2D eigenvalue weighted by atomic mass is 10.2. The average Bonchev–Trinajstić information content (AvgIpc) is 2.85. The van der Waals surface area contributed by atoms with Gasteiger partial charge in [-0.3, -0.25) is 4.79 Å². The molecule has 2 rings (SSSR count). The first-order valence-corrected chi connectivity index (χ1v) is 8.29. The number of carboxylic acids is 1. The van der Waals surface area contributed by atoms with Gasteiger partial charge in [-0.1, -0.05) is 17.3 Å². The summed E-state index contributed by atoms with van der Waals surface area (Å²) in [6.07, 6.45) is -6.05. The van der Waals surface area contributed by atoms with Crippen molar-refractivity contribution in [3.05, 3.63) is 30.0 Å². The number of alkyl halides is 3. The molecule has 1 N–H and O–H groups in total. The zero-order valence-electron chi connectivity index (χ0n) is 12.2. The highest BCUT2D eigenvalue weighted by Crippen LogP contribution is 2.23. The molecular formula is C13H13F3N2O5S. The Morgan fingerprint density at radius 3 is 2.58 bits per heavy atom. The van der Waals surface area contributed by atoms with Crippen LogP contribution in [0.2, 0.25) is 0 Å². The third kappa shape index (κ3) is 4.68. The monoisotopic (exact) mass is 366 g/mol. The molecule has 0 radical (unpaired) electrons. The first-order chi connectivity index (χ1) is 11.1. The first-order valence-electron chi connectivity index (χ1n) is 6.68. The Hall–Kier alpha value is -2.14. The Balaban J connectivity index is 2.24. The summed E-state index contributed by atoms with van der Waals surface area (Å²) in [5, 5.41) is 12.7. The molecular weight excluding hydrogens is 353 g/mol. The van der Waals surface area contributed by atoms with Gasteiger partial charge >= 0.3 is 12.1 Å². The smallest absolute Gasteiger partial charge is 0.390 e. The molecule has 2 aromatic rings. The van der Waals surface area contributed by atoms with E-state index in [2.05, 4.69) is 5.16 Å². The van der Waals surface area contributed by atoms with Crippen LogP contribution in [0.4, 0.5) is 13.2 Å². The highest BCUT2D eigenvalue weighted by atomic mass is 32.2. The van der Waals surface area contributed by atoms with Crippen LogP contribution in [0.3, 0.4) is 0 Å². The molecule has 11 heteroatoms. The van der Waals surface area contributed by atoms with Crippen molar-refractivity contribution in [1.29, 1.82) is 0 Å². The van der Waals surface area contributed by atoms with Crippen molar-refractivity contribution < 1.29 is 36.0 Å². The third-order valence-electron chi connectivity index (χ3n) is 3.12. The molecule has 0 aliphatic rings. The number of aliphatic carboxylic acids is 1. The number of carbonyl (C=O) groups is 1. The highest BCUT2D eigenvalue weighted by molar-refractivity contribution is 7.88. The van der Waals surface area contributed by atoms with Gasteiger partial charge in [0.25, 0.3) is 0 Å². The molecule has 0 fully saturated rings. The van der Waals surface area contributed by atoms with Crippen molar-refractivity contribution in [3.8, 4) is 0 Å². The van der Waals surface area contributed by atoms with Crippen LogP contribution in [0.15, 0.2) is 28.8 Å². The standard InChI is InChI=1S/C13H13F3N2O5S/c14-13(15,16)5-6-18(7-12(19)20)24(21,22)8-10-9-3-1-2-4-11(9)23-17-10/h1-4H,5-8H2,(H,19,20). The summed E-state index contributed by atoms with van der Waals surface area (Å²) < 4.78 is 66.8. The number of aromatic nitrogens is 1. The molecule has 1 heterocycles. The normalized spacial score (nSPS) is 12.8. The van der Waals surface area contributed by atoms with E-state index in [4.69, 9.17) is 9.63 Å². The Labute approximate surface area is 134 Å². The maximum atomic E-state index is 12.3. The number of halogens is 3. The summed E-state index contributed by atoms with van der Waals surface area (Å²) in [4.78, 5) is 10.8. The quantitative estimate of drug-likeness (QED) is 0.804. The molecule has 0 saturated carbocycles. The summed E-state index contributed by atoms with van der Waals surface area (Å²) in [5.41, 5.74) is 0.329. The number of carboxylic acid groups (broad SMARTS) is 1. The predicted octanol–water partition coefficient (Wildman–Crippen LogP) is 2.00. The third-order valence-corrected chi connectivity index (χ3v) is 4.86. The zero-order chi connectivity index (χ0) is 18.0.